The largest absolute Gasteiger partial charge is 0.497 e. The normalized spacial score (nSPS) is 18.2. The summed E-state index contributed by atoms with van der Waals surface area (Å²) in [7, 11) is 3.28. The van der Waals surface area contributed by atoms with Gasteiger partial charge >= 0.3 is 0 Å². The van der Waals surface area contributed by atoms with Crippen molar-refractivity contribution in [3.63, 3.8) is 0 Å². The Morgan fingerprint density at radius 3 is 2.79 bits per heavy atom. The monoisotopic (exact) mass is 463 g/mol. The number of nitrogens with zero attached hydrogens (tertiary/aromatic N) is 5. The number of oxazole rings is 1. The van der Waals surface area contributed by atoms with Crippen LogP contribution in [0, 0.1) is 6.92 Å². The van der Waals surface area contributed by atoms with E-state index < -0.39 is 0 Å². The molecule has 178 valence electrons. The van der Waals surface area contributed by atoms with Crippen molar-refractivity contribution in [3.8, 4) is 23.1 Å². The second kappa shape index (κ2) is 9.30. The van der Waals surface area contributed by atoms with Gasteiger partial charge in [0, 0.05) is 42.2 Å². The summed E-state index contributed by atoms with van der Waals surface area (Å²) in [6.45, 7) is 5.52. The van der Waals surface area contributed by atoms with E-state index >= 15 is 0 Å². The number of aryl methyl sites for hydroxylation is 1. The highest BCUT2D eigenvalue weighted by Crippen LogP contribution is 2.30. The third-order valence-electron chi connectivity index (χ3n) is 6.32. The molecule has 5 rings (SSSR count). The van der Waals surface area contributed by atoms with E-state index in [-0.39, 0.29) is 5.92 Å². The molecule has 0 amide bonds. The molecule has 4 aromatic rings. The van der Waals surface area contributed by atoms with Gasteiger partial charge in [-0.05, 0) is 38.8 Å². The predicted octanol–water partition coefficient (Wildman–Crippen LogP) is 3.57. The first kappa shape index (κ1) is 22.1. The lowest BCUT2D eigenvalue weighted by Crippen LogP contribution is -2.36. The number of ether oxygens (including phenoxy) is 2. The molecule has 1 fully saturated rings. The second-order valence-corrected chi connectivity index (χ2v) is 8.57. The number of aromatic nitrogens is 5. The number of hydrogen-bond donors (Lipinski definition) is 2. The first-order valence-corrected chi connectivity index (χ1v) is 11.4. The van der Waals surface area contributed by atoms with Crippen LogP contribution in [-0.4, -0.2) is 51.4 Å². The molecule has 1 aliphatic heterocycles. The zero-order valence-electron chi connectivity index (χ0n) is 19.8. The van der Waals surface area contributed by atoms with Crippen LogP contribution in [0.2, 0.25) is 0 Å². The van der Waals surface area contributed by atoms with Gasteiger partial charge in [0.1, 0.15) is 23.5 Å². The molecule has 2 N–H and O–H groups in total. The maximum absolute atomic E-state index is 5.56. The Morgan fingerprint density at radius 2 is 2.09 bits per heavy atom. The molecule has 34 heavy (non-hydrogen) atoms. The summed E-state index contributed by atoms with van der Waals surface area (Å²) in [5.74, 6) is 3.54. The van der Waals surface area contributed by atoms with Crippen LogP contribution in [-0.2, 0) is 6.54 Å². The van der Waals surface area contributed by atoms with E-state index in [4.69, 9.17) is 29.0 Å². The minimum Gasteiger partial charge on any atom is -0.497 e. The van der Waals surface area contributed by atoms with Gasteiger partial charge in [0.05, 0.1) is 20.4 Å². The molecule has 0 aliphatic carbocycles. The highest BCUT2D eigenvalue weighted by atomic mass is 16.5. The fraction of sp³-hybridized carbons (Fsp3) is 0.417. The first-order valence-electron chi connectivity index (χ1n) is 11.4. The summed E-state index contributed by atoms with van der Waals surface area (Å²) >= 11 is 0. The Bertz CT molecular complexity index is 1280. The van der Waals surface area contributed by atoms with Gasteiger partial charge in [0.2, 0.25) is 11.8 Å². The Hall–Kier alpha value is -3.66. The highest BCUT2D eigenvalue weighted by molar-refractivity contribution is 5.66. The molecule has 0 unspecified atom stereocenters. The molecule has 3 aromatic heterocycles. The van der Waals surface area contributed by atoms with E-state index in [0.29, 0.717) is 30.1 Å². The van der Waals surface area contributed by atoms with Crippen molar-refractivity contribution in [2.45, 2.75) is 45.2 Å². The fourth-order valence-corrected chi connectivity index (χ4v) is 4.29. The topological polar surface area (TPSA) is 112 Å². The zero-order chi connectivity index (χ0) is 23.7. The maximum atomic E-state index is 5.56. The van der Waals surface area contributed by atoms with E-state index in [1.807, 2.05) is 25.1 Å². The van der Waals surface area contributed by atoms with Crippen LogP contribution in [0.25, 0.3) is 17.2 Å². The molecule has 0 spiro atoms. The number of fused-ring (bicyclic) bond motifs is 1. The maximum Gasteiger partial charge on any atom is 0.245 e. The molecule has 1 aliphatic rings. The molecule has 0 saturated carbocycles. The van der Waals surface area contributed by atoms with Crippen LogP contribution in [0.5, 0.6) is 11.5 Å². The van der Waals surface area contributed by atoms with Gasteiger partial charge in [-0.1, -0.05) is 0 Å². The fourth-order valence-electron chi connectivity index (χ4n) is 4.29. The predicted molar refractivity (Wildman–Crippen MR) is 127 cm³/mol. The van der Waals surface area contributed by atoms with Crippen molar-refractivity contribution < 1.29 is 13.9 Å². The number of benzene rings is 1. The molecule has 1 saturated heterocycles. The zero-order valence-corrected chi connectivity index (χ0v) is 19.8. The SMILES string of the molecule is COc1ccc(CNc2nc(-c3ncco3)c(C)c3nc([C@@H]4CC[C@H](C)NC4)nn23)c(OC)c1. The smallest absolute Gasteiger partial charge is 0.245 e. The van der Waals surface area contributed by atoms with Crippen molar-refractivity contribution >= 4 is 11.6 Å². The Labute approximate surface area is 197 Å². The van der Waals surface area contributed by atoms with Gasteiger partial charge < -0.3 is 24.5 Å². The summed E-state index contributed by atoms with van der Waals surface area (Å²) in [5.41, 5.74) is 3.20. The summed E-state index contributed by atoms with van der Waals surface area (Å²) in [6.07, 6.45) is 5.30. The Balaban J connectivity index is 1.53. The van der Waals surface area contributed by atoms with Crippen molar-refractivity contribution in [2.75, 3.05) is 26.1 Å². The summed E-state index contributed by atoms with van der Waals surface area (Å²) in [6, 6.07) is 6.25. The molecule has 0 radical (unpaired) electrons. The van der Waals surface area contributed by atoms with Crippen LogP contribution in [0.15, 0.2) is 35.1 Å². The molecule has 4 heterocycles. The molecular formula is C24H29N7O3. The highest BCUT2D eigenvalue weighted by Gasteiger charge is 2.25. The number of hydrogen-bond acceptors (Lipinski definition) is 9. The Kier molecular flexibility index (Phi) is 6.06. The van der Waals surface area contributed by atoms with Gasteiger partial charge in [-0.2, -0.15) is 4.52 Å². The standard InChI is InChI=1S/C24H29N7O3/c1-14-5-6-17(13-26-14)21-29-22-15(2)20(23-25-9-10-34-23)28-24(31(22)30-21)27-12-16-7-8-18(32-3)11-19(16)33-4/h7-11,14,17,26H,5-6,12-13H2,1-4H3,(H,27,28)/t14-,17+/m0/s1. The molecule has 0 bridgehead atoms. The summed E-state index contributed by atoms with van der Waals surface area (Å²) < 4.78 is 18.2. The molecule has 10 nitrogen and oxygen atoms in total. The van der Waals surface area contributed by atoms with Crippen molar-refractivity contribution in [3.05, 3.63) is 47.6 Å². The van der Waals surface area contributed by atoms with Crippen molar-refractivity contribution in [2.24, 2.45) is 0 Å². The van der Waals surface area contributed by atoms with Crippen LogP contribution < -0.4 is 20.1 Å². The number of methoxy groups -OCH3 is 2. The van der Waals surface area contributed by atoms with E-state index in [1.165, 1.54) is 0 Å². The van der Waals surface area contributed by atoms with E-state index in [2.05, 4.69) is 22.5 Å². The van der Waals surface area contributed by atoms with Gasteiger partial charge in [-0.25, -0.2) is 15.0 Å². The second-order valence-electron chi connectivity index (χ2n) is 8.57. The lowest BCUT2D eigenvalue weighted by molar-refractivity contribution is 0.376. The van der Waals surface area contributed by atoms with Gasteiger partial charge in [-0.15, -0.1) is 5.10 Å². The van der Waals surface area contributed by atoms with Gasteiger partial charge in [0.25, 0.3) is 0 Å². The Morgan fingerprint density at radius 1 is 1.21 bits per heavy atom. The van der Waals surface area contributed by atoms with Crippen LogP contribution in [0.1, 0.15) is 42.6 Å². The van der Waals surface area contributed by atoms with Crippen LogP contribution in [0.4, 0.5) is 5.95 Å². The third kappa shape index (κ3) is 4.16. The molecule has 10 heteroatoms. The van der Waals surface area contributed by atoms with E-state index in [0.717, 1.165) is 53.5 Å². The summed E-state index contributed by atoms with van der Waals surface area (Å²) in [5, 5.41) is 11.8. The number of rotatable bonds is 7. The lowest BCUT2D eigenvalue weighted by atomic mass is 9.95. The average molecular weight is 464 g/mol. The summed E-state index contributed by atoms with van der Waals surface area (Å²) in [4.78, 5) is 14.1. The van der Waals surface area contributed by atoms with Gasteiger partial charge in [-0.3, -0.25) is 0 Å². The van der Waals surface area contributed by atoms with Crippen molar-refractivity contribution in [1.29, 1.82) is 0 Å². The minimum absolute atomic E-state index is 0.259. The molecular weight excluding hydrogens is 434 g/mol. The number of nitrogens with one attached hydrogen (secondary N) is 2. The van der Waals surface area contributed by atoms with Crippen LogP contribution >= 0.6 is 0 Å². The quantitative estimate of drug-likeness (QED) is 0.425. The van der Waals surface area contributed by atoms with Gasteiger partial charge in [0.15, 0.2) is 11.5 Å². The first-order chi connectivity index (χ1) is 16.6. The lowest BCUT2D eigenvalue weighted by Gasteiger charge is -2.25. The molecule has 2 atom stereocenters. The number of piperidine rings is 1. The third-order valence-corrected chi connectivity index (χ3v) is 6.32. The van der Waals surface area contributed by atoms with E-state index in [1.54, 1.807) is 31.2 Å². The molecule has 1 aromatic carbocycles. The van der Waals surface area contributed by atoms with E-state index in [9.17, 15) is 0 Å². The number of anilines is 1. The van der Waals surface area contributed by atoms with Crippen LogP contribution in [0.3, 0.4) is 0 Å². The average Bonchev–Trinajstić information content (AvgIpc) is 3.55. The minimum atomic E-state index is 0.259. The van der Waals surface area contributed by atoms with Crippen molar-refractivity contribution in [1.82, 2.24) is 29.9 Å².